The molecule has 0 unspecified atom stereocenters. The van der Waals surface area contributed by atoms with E-state index in [4.69, 9.17) is 18.8 Å². The van der Waals surface area contributed by atoms with Gasteiger partial charge in [-0.1, -0.05) is 6.08 Å². The molecule has 0 amide bonds. The summed E-state index contributed by atoms with van der Waals surface area (Å²) in [6.07, 6.45) is 3.08. The van der Waals surface area contributed by atoms with Crippen molar-refractivity contribution in [2.75, 3.05) is 0 Å². The van der Waals surface area contributed by atoms with Crippen LogP contribution in [0, 0.1) is 0 Å². The first-order chi connectivity index (χ1) is 8.61. The Morgan fingerprint density at radius 1 is 1.00 bits per heavy atom. The van der Waals surface area contributed by atoms with E-state index < -0.39 is 5.79 Å². The molecule has 0 aromatic carbocycles. The van der Waals surface area contributed by atoms with E-state index in [1.807, 2.05) is 13.8 Å². The molecule has 0 aromatic heterocycles. The molecule has 0 radical (unpaired) electrons. The van der Waals surface area contributed by atoms with Crippen molar-refractivity contribution >= 4 is 7.12 Å². The second-order valence-electron chi connectivity index (χ2n) is 7.12. The second-order valence-corrected chi connectivity index (χ2v) is 7.12. The lowest BCUT2D eigenvalue weighted by atomic mass is 9.76. The highest BCUT2D eigenvalue weighted by Gasteiger charge is 2.57. The average Bonchev–Trinajstić information content (AvgIpc) is 2.75. The van der Waals surface area contributed by atoms with Crippen molar-refractivity contribution in [3.63, 3.8) is 0 Å². The first kappa shape index (κ1) is 13.6. The number of fused-ring (bicyclic) bond motifs is 1. The Morgan fingerprint density at radius 3 is 2.16 bits per heavy atom. The largest absolute Gasteiger partial charge is 0.492 e. The quantitative estimate of drug-likeness (QED) is 0.683. The highest BCUT2D eigenvalue weighted by Crippen LogP contribution is 2.44. The predicted octanol–water partition coefficient (Wildman–Crippen LogP) is 2.47. The van der Waals surface area contributed by atoms with Crippen LogP contribution in [0.2, 0.25) is 0 Å². The van der Waals surface area contributed by atoms with Gasteiger partial charge in [0.25, 0.3) is 0 Å². The molecule has 3 aliphatic rings. The van der Waals surface area contributed by atoms with Crippen molar-refractivity contribution in [1.82, 2.24) is 0 Å². The topological polar surface area (TPSA) is 36.9 Å². The molecule has 2 fully saturated rings. The Hall–Kier alpha value is -0.355. The minimum atomic E-state index is -0.515. The van der Waals surface area contributed by atoms with E-state index in [-0.39, 0.29) is 30.5 Å². The van der Waals surface area contributed by atoms with Crippen LogP contribution in [0.4, 0.5) is 0 Å². The fourth-order valence-electron chi connectivity index (χ4n) is 2.87. The fourth-order valence-corrected chi connectivity index (χ4v) is 2.87. The molecule has 0 N–H and O–H groups in total. The van der Waals surface area contributed by atoms with Crippen LogP contribution in [0.3, 0.4) is 0 Å². The molecule has 2 saturated heterocycles. The van der Waals surface area contributed by atoms with Gasteiger partial charge in [0.1, 0.15) is 6.10 Å². The Bertz CT molecular complexity index is 411. The molecule has 0 bridgehead atoms. The van der Waals surface area contributed by atoms with Gasteiger partial charge in [-0.15, -0.1) is 0 Å². The van der Waals surface area contributed by atoms with Gasteiger partial charge in [0, 0.05) is 0 Å². The number of hydrogen-bond donors (Lipinski definition) is 0. The van der Waals surface area contributed by atoms with Crippen molar-refractivity contribution in [2.45, 2.75) is 77.2 Å². The molecular formula is C14H23BO4. The van der Waals surface area contributed by atoms with E-state index in [1.165, 1.54) is 0 Å². The SMILES string of the molecule is CC1(C)O[C@@H]2CC=C(B3OC(C)(C)C(C)(C)O3)[C@@H]2O1. The monoisotopic (exact) mass is 266 g/mol. The van der Waals surface area contributed by atoms with E-state index in [2.05, 4.69) is 33.8 Å². The van der Waals surface area contributed by atoms with Gasteiger partial charge in [0.15, 0.2) is 5.79 Å². The zero-order valence-corrected chi connectivity index (χ0v) is 12.6. The zero-order chi connectivity index (χ0) is 14.1. The second kappa shape index (κ2) is 3.85. The molecule has 1 aliphatic carbocycles. The summed E-state index contributed by atoms with van der Waals surface area (Å²) < 4.78 is 24.1. The maximum Gasteiger partial charge on any atom is 0.492 e. The third-order valence-electron chi connectivity index (χ3n) is 4.62. The van der Waals surface area contributed by atoms with Gasteiger partial charge >= 0.3 is 7.12 Å². The summed E-state index contributed by atoms with van der Waals surface area (Å²) in [5, 5.41) is 0. The molecule has 4 nitrogen and oxygen atoms in total. The lowest BCUT2D eigenvalue weighted by Gasteiger charge is -2.32. The van der Waals surface area contributed by atoms with Gasteiger partial charge in [0.2, 0.25) is 0 Å². The Kier molecular flexibility index (Phi) is 2.76. The maximum absolute atomic E-state index is 6.10. The van der Waals surface area contributed by atoms with Gasteiger partial charge in [-0.25, -0.2) is 0 Å². The summed E-state index contributed by atoms with van der Waals surface area (Å²) in [6.45, 7) is 12.2. The summed E-state index contributed by atoms with van der Waals surface area (Å²) in [6, 6.07) is 0. The van der Waals surface area contributed by atoms with Crippen LogP contribution >= 0.6 is 0 Å². The molecule has 2 atom stereocenters. The van der Waals surface area contributed by atoms with E-state index in [0.717, 1.165) is 11.9 Å². The van der Waals surface area contributed by atoms with E-state index in [9.17, 15) is 0 Å². The van der Waals surface area contributed by atoms with Crippen molar-refractivity contribution in [1.29, 1.82) is 0 Å². The lowest BCUT2D eigenvalue weighted by molar-refractivity contribution is -0.144. The zero-order valence-electron chi connectivity index (χ0n) is 12.6. The van der Waals surface area contributed by atoms with Crippen LogP contribution in [-0.2, 0) is 18.8 Å². The highest BCUT2D eigenvalue weighted by molar-refractivity contribution is 6.55. The third-order valence-corrected chi connectivity index (χ3v) is 4.62. The fraction of sp³-hybridized carbons (Fsp3) is 0.857. The van der Waals surface area contributed by atoms with E-state index in [1.54, 1.807) is 0 Å². The van der Waals surface area contributed by atoms with Crippen molar-refractivity contribution in [3.05, 3.63) is 11.5 Å². The molecule has 19 heavy (non-hydrogen) atoms. The predicted molar refractivity (Wildman–Crippen MR) is 72.6 cm³/mol. The minimum Gasteiger partial charge on any atom is -0.400 e. The van der Waals surface area contributed by atoms with Gasteiger partial charge in [0.05, 0.1) is 17.3 Å². The summed E-state index contributed by atoms with van der Waals surface area (Å²) in [7, 11) is -0.322. The number of rotatable bonds is 1. The summed E-state index contributed by atoms with van der Waals surface area (Å²) in [4.78, 5) is 0. The molecule has 2 aliphatic heterocycles. The van der Waals surface area contributed by atoms with Gasteiger partial charge < -0.3 is 18.8 Å². The molecule has 0 aromatic rings. The first-order valence-corrected chi connectivity index (χ1v) is 7.03. The normalized spacial score (nSPS) is 38.4. The van der Waals surface area contributed by atoms with Gasteiger partial charge in [-0.3, -0.25) is 0 Å². The standard InChI is InChI=1S/C14H23BO4/c1-12(2)13(3,4)19-15(18-12)9-7-8-10-11(9)17-14(5,6)16-10/h7,10-11H,8H2,1-6H3/t10-,11+/m1/s1. The Labute approximate surface area is 115 Å². The number of hydrogen-bond acceptors (Lipinski definition) is 4. The summed E-state index contributed by atoms with van der Waals surface area (Å²) >= 11 is 0. The van der Waals surface area contributed by atoms with Crippen LogP contribution in [0.25, 0.3) is 0 Å². The number of ether oxygens (including phenoxy) is 2. The van der Waals surface area contributed by atoms with Gasteiger partial charge in [-0.05, 0) is 53.4 Å². The van der Waals surface area contributed by atoms with Crippen LogP contribution < -0.4 is 0 Å². The molecule has 5 heteroatoms. The molecule has 0 spiro atoms. The Balaban J connectivity index is 1.79. The van der Waals surface area contributed by atoms with Crippen LogP contribution in [0.15, 0.2) is 11.5 Å². The molecule has 106 valence electrons. The van der Waals surface area contributed by atoms with E-state index in [0.29, 0.717) is 0 Å². The molecule has 2 heterocycles. The highest BCUT2D eigenvalue weighted by atomic mass is 16.8. The minimum absolute atomic E-state index is 0.0373. The third kappa shape index (κ3) is 2.07. The lowest BCUT2D eigenvalue weighted by Crippen LogP contribution is -2.41. The summed E-state index contributed by atoms with van der Waals surface area (Å²) in [5.74, 6) is -0.515. The van der Waals surface area contributed by atoms with Crippen LogP contribution in [-0.4, -0.2) is 36.3 Å². The van der Waals surface area contributed by atoms with Crippen LogP contribution in [0.5, 0.6) is 0 Å². The van der Waals surface area contributed by atoms with Crippen molar-refractivity contribution in [2.24, 2.45) is 0 Å². The smallest absolute Gasteiger partial charge is 0.400 e. The maximum atomic E-state index is 6.10. The first-order valence-electron chi connectivity index (χ1n) is 7.03. The van der Waals surface area contributed by atoms with Crippen molar-refractivity contribution < 1.29 is 18.8 Å². The molecule has 3 rings (SSSR count). The van der Waals surface area contributed by atoms with Crippen molar-refractivity contribution in [3.8, 4) is 0 Å². The molecule has 0 saturated carbocycles. The average molecular weight is 266 g/mol. The Morgan fingerprint density at radius 2 is 1.58 bits per heavy atom. The molecular weight excluding hydrogens is 243 g/mol. The van der Waals surface area contributed by atoms with Crippen LogP contribution in [0.1, 0.15) is 48.0 Å². The summed E-state index contributed by atoms with van der Waals surface area (Å²) in [5.41, 5.74) is 0.450. The van der Waals surface area contributed by atoms with E-state index >= 15 is 0 Å². The van der Waals surface area contributed by atoms with Gasteiger partial charge in [-0.2, -0.15) is 0 Å².